The second-order valence-electron chi connectivity index (χ2n) is 13.1. The molecule has 7 N–H and O–H groups in total. The minimum absolute atomic E-state index is 0.00781. The van der Waals surface area contributed by atoms with Crippen molar-refractivity contribution in [2.45, 2.75) is 24.5 Å². The zero-order valence-corrected chi connectivity index (χ0v) is 27.3. The maximum Gasteiger partial charge on any atom is 0.255 e. The summed E-state index contributed by atoms with van der Waals surface area (Å²) < 4.78 is 0. The normalized spacial score (nSPS) is 23.9. The molecular formula is C34H41N5O8. The summed E-state index contributed by atoms with van der Waals surface area (Å²) in [5.74, 6) is -7.40. The molecule has 0 aromatic heterocycles. The van der Waals surface area contributed by atoms with E-state index >= 15 is 0 Å². The first-order valence-electron chi connectivity index (χ1n) is 15.3. The number of carbonyl (C=O) groups excluding carboxylic acids is 4. The first-order chi connectivity index (χ1) is 22.0. The molecule has 0 aliphatic heterocycles. The lowest BCUT2D eigenvalue weighted by molar-refractivity contribution is -0.148. The fourth-order valence-corrected chi connectivity index (χ4v) is 7.24. The van der Waals surface area contributed by atoms with Gasteiger partial charge in [-0.25, -0.2) is 0 Å². The predicted molar refractivity (Wildman–Crippen MR) is 174 cm³/mol. The number of nitrogens with one attached hydrogen (secondary N) is 1. The Labute approximate surface area is 272 Å². The molecule has 0 saturated heterocycles. The number of phenols is 1. The Morgan fingerprint density at radius 2 is 1.72 bits per heavy atom. The minimum Gasteiger partial charge on any atom is -0.510 e. The molecule has 0 bridgehead atoms. The second kappa shape index (κ2) is 12.1. The smallest absolute Gasteiger partial charge is 0.255 e. The van der Waals surface area contributed by atoms with Crippen molar-refractivity contribution >= 4 is 29.1 Å². The number of carbonyl (C=O) groups is 4. The molecule has 2 amide bonds. The third-order valence-electron chi connectivity index (χ3n) is 9.46. The van der Waals surface area contributed by atoms with Gasteiger partial charge in [0.1, 0.15) is 22.8 Å². The number of fused-ring (bicyclic) bond motifs is 3. The average Bonchev–Trinajstić information content (AvgIpc) is 2.98. The highest BCUT2D eigenvalue weighted by Gasteiger charge is 2.63. The van der Waals surface area contributed by atoms with Crippen LogP contribution in [0.15, 0.2) is 53.0 Å². The van der Waals surface area contributed by atoms with E-state index in [1.807, 2.05) is 19.0 Å². The lowest BCUT2D eigenvalue weighted by Gasteiger charge is -2.50. The van der Waals surface area contributed by atoms with Gasteiger partial charge in [-0.2, -0.15) is 0 Å². The van der Waals surface area contributed by atoms with Crippen LogP contribution in [0.1, 0.15) is 32.7 Å². The Hall–Kier alpha value is -4.72. The monoisotopic (exact) mass is 647 g/mol. The van der Waals surface area contributed by atoms with Gasteiger partial charge in [0.2, 0.25) is 5.78 Å². The number of aliphatic hydroxyl groups is 3. The van der Waals surface area contributed by atoms with E-state index in [2.05, 4.69) is 5.32 Å². The molecule has 47 heavy (non-hydrogen) atoms. The van der Waals surface area contributed by atoms with E-state index < -0.39 is 58.0 Å². The standard InChI is InChI=1S/C34H41N5O8/c1-37(2)11-10-36-33(46)17-9-7-8-16(12-17)19-15-22(38(3)4)20-13-18-14-21-26(39(5)6)29(42)25(32(35)45)31(44)34(21,47)30(43)23(18)28(41)24(20)27(19)40/h7-9,12,15,18,21,26,40,42-43,47H,10-11,13-14H2,1-6H3,(H2,35,45)(H,36,46)/t18?,21-,26-,34-/m0/s1. The largest absolute Gasteiger partial charge is 0.510 e. The number of rotatable bonds is 8. The predicted octanol–water partition coefficient (Wildman–Crippen LogP) is 1.15. The van der Waals surface area contributed by atoms with E-state index in [4.69, 9.17) is 5.73 Å². The van der Waals surface area contributed by atoms with Gasteiger partial charge < -0.3 is 41.3 Å². The fraction of sp³-hybridized carbons (Fsp3) is 0.412. The van der Waals surface area contributed by atoms with E-state index in [0.29, 0.717) is 35.5 Å². The topological polar surface area (TPSA) is 197 Å². The Balaban J connectivity index is 1.65. The molecular weight excluding hydrogens is 606 g/mol. The van der Waals surface area contributed by atoms with E-state index in [0.717, 1.165) is 0 Å². The van der Waals surface area contributed by atoms with E-state index in [9.17, 15) is 39.6 Å². The van der Waals surface area contributed by atoms with Crippen molar-refractivity contribution in [3.63, 3.8) is 0 Å². The van der Waals surface area contributed by atoms with Crippen LogP contribution in [-0.4, -0.2) is 121 Å². The van der Waals surface area contributed by atoms with E-state index in [1.165, 1.54) is 4.90 Å². The molecule has 0 spiro atoms. The Kier molecular flexibility index (Phi) is 8.69. The number of primary amides is 1. The van der Waals surface area contributed by atoms with Crippen LogP contribution in [0.3, 0.4) is 0 Å². The highest BCUT2D eigenvalue weighted by molar-refractivity contribution is 6.25. The van der Waals surface area contributed by atoms with Crippen LogP contribution in [0.25, 0.3) is 11.1 Å². The van der Waals surface area contributed by atoms with Crippen molar-refractivity contribution in [3.05, 3.63) is 69.7 Å². The number of aliphatic hydroxyl groups excluding tert-OH is 2. The van der Waals surface area contributed by atoms with Gasteiger partial charge in [0.15, 0.2) is 11.4 Å². The summed E-state index contributed by atoms with van der Waals surface area (Å²) in [5.41, 5.74) is 3.70. The number of nitrogens with two attached hydrogens (primary N) is 1. The molecule has 0 radical (unpaired) electrons. The quantitative estimate of drug-likeness (QED) is 0.225. The summed E-state index contributed by atoms with van der Waals surface area (Å²) >= 11 is 0. The maximum atomic E-state index is 14.4. The number of allylic oxidation sites excluding steroid dienone is 1. The fourth-order valence-electron chi connectivity index (χ4n) is 7.24. The first-order valence-corrected chi connectivity index (χ1v) is 15.3. The number of likely N-dealkylation sites (N-methyl/N-ethyl adjacent to an activating group) is 2. The molecule has 0 fully saturated rings. The third-order valence-corrected chi connectivity index (χ3v) is 9.46. The molecule has 0 heterocycles. The molecule has 0 saturated carbocycles. The number of phenolic OH excluding ortho intramolecular Hbond substituents is 1. The Bertz CT molecular complexity index is 1760. The summed E-state index contributed by atoms with van der Waals surface area (Å²) in [5, 5.41) is 49.1. The molecule has 1 unspecified atom stereocenters. The first kappa shape index (κ1) is 33.6. The zero-order valence-electron chi connectivity index (χ0n) is 27.3. The number of ketones is 2. The van der Waals surface area contributed by atoms with E-state index in [1.54, 1.807) is 63.4 Å². The Morgan fingerprint density at radius 1 is 1.04 bits per heavy atom. The van der Waals surface area contributed by atoms with Gasteiger partial charge in [-0.3, -0.25) is 24.1 Å². The lowest BCUT2D eigenvalue weighted by Crippen LogP contribution is -2.63. The summed E-state index contributed by atoms with van der Waals surface area (Å²) in [4.78, 5) is 58.3. The Morgan fingerprint density at radius 3 is 2.32 bits per heavy atom. The van der Waals surface area contributed by atoms with E-state index in [-0.39, 0.29) is 41.2 Å². The highest BCUT2D eigenvalue weighted by atomic mass is 16.3. The number of Topliss-reactive ketones (excluding diaryl/α,β-unsaturated/α-hetero) is 2. The molecule has 3 aliphatic carbocycles. The molecule has 3 aliphatic rings. The number of amides is 2. The number of benzene rings is 2. The van der Waals surface area contributed by atoms with Crippen LogP contribution in [-0.2, 0) is 16.0 Å². The van der Waals surface area contributed by atoms with Gasteiger partial charge in [-0.15, -0.1) is 0 Å². The van der Waals surface area contributed by atoms with Crippen LogP contribution in [0.5, 0.6) is 5.75 Å². The SMILES string of the molecule is CN(C)CCNC(=O)c1cccc(-c2cc(N(C)C)c3c(c2O)C(=O)C2=C(O)[C@]4(O)C(=O)C(C(N)=O)=C(O)[C@@H](N(C)C)[C@@H]4CC2C3)c1. The van der Waals surface area contributed by atoms with Crippen molar-refractivity contribution in [1.82, 2.24) is 15.1 Å². The van der Waals surface area contributed by atoms with Gasteiger partial charge in [0.25, 0.3) is 11.8 Å². The van der Waals surface area contributed by atoms with Crippen molar-refractivity contribution in [2.75, 3.05) is 60.3 Å². The minimum atomic E-state index is -2.73. The summed E-state index contributed by atoms with van der Waals surface area (Å²) in [7, 11) is 10.5. The van der Waals surface area contributed by atoms with Gasteiger partial charge in [0.05, 0.1) is 11.6 Å². The van der Waals surface area contributed by atoms with Crippen molar-refractivity contribution in [3.8, 4) is 16.9 Å². The number of hydrogen-bond donors (Lipinski definition) is 6. The van der Waals surface area contributed by atoms with Crippen LogP contribution < -0.4 is 16.0 Å². The van der Waals surface area contributed by atoms with Crippen LogP contribution in [0.2, 0.25) is 0 Å². The number of nitrogens with zero attached hydrogens (tertiary/aromatic N) is 3. The molecule has 13 heteroatoms. The van der Waals surface area contributed by atoms with Gasteiger partial charge in [-0.05, 0) is 76.3 Å². The molecule has 4 atom stereocenters. The second-order valence-corrected chi connectivity index (χ2v) is 13.1. The van der Waals surface area contributed by atoms with Gasteiger partial charge in [0, 0.05) is 55.5 Å². The van der Waals surface area contributed by atoms with Gasteiger partial charge in [-0.1, -0.05) is 12.1 Å². The number of hydrogen-bond acceptors (Lipinski definition) is 11. The van der Waals surface area contributed by atoms with Gasteiger partial charge >= 0.3 is 0 Å². The molecule has 2 aromatic rings. The van der Waals surface area contributed by atoms with Crippen LogP contribution in [0, 0.1) is 11.8 Å². The molecule has 250 valence electrons. The lowest BCUT2D eigenvalue weighted by atomic mass is 9.58. The van der Waals surface area contributed by atoms with Crippen molar-refractivity contribution in [2.24, 2.45) is 17.6 Å². The maximum absolute atomic E-state index is 14.4. The van der Waals surface area contributed by atoms with Crippen LogP contribution in [0.4, 0.5) is 5.69 Å². The number of anilines is 1. The average molecular weight is 648 g/mol. The van der Waals surface area contributed by atoms with Crippen molar-refractivity contribution < 1.29 is 39.6 Å². The summed E-state index contributed by atoms with van der Waals surface area (Å²) in [6, 6.07) is 7.28. The molecule has 5 rings (SSSR count). The summed E-state index contributed by atoms with van der Waals surface area (Å²) in [6.45, 7) is 1.08. The molecule has 2 aromatic carbocycles. The zero-order chi connectivity index (χ0) is 34.7. The third kappa shape index (κ3) is 5.33. The highest BCUT2D eigenvalue weighted by Crippen LogP contribution is 2.54. The summed E-state index contributed by atoms with van der Waals surface area (Å²) in [6.07, 6.45) is 0.149. The van der Waals surface area contributed by atoms with Crippen molar-refractivity contribution in [1.29, 1.82) is 0 Å². The van der Waals surface area contributed by atoms with Crippen LogP contribution >= 0.6 is 0 Å². The number of aromatic hydroxyl groups is 1. The molecule has 13 nitrogen and oxygen atoms in total.